The van der Waals surface area contributed by atoms with Crippen molar-refractivity contribution in [3.8, 4) is 0 Å². The third kappa shape index (κ3) is 7.85. The molecule has 0 atom stereocenters. The summed E-state index contributed by atoms with van der Waals surface area (Å²) in [6, 6.07) is 4.29. The van der Waals surface area contributed by atoms with Gasteiger partial charge in [0.2, 0.25) is 0 Å². The summed E-state index contributed by atoms with van der Waals surface area (Å²) in [5.41, 5.74) is 0.408. The molecule has 1 aromatic rings. The Hall–Kier alpha value is -0.340. The zero-order valence-corrected chi connectivity index (χ0v) is 17.4. The van der Waals surface area contributed by atoms with Gasteiger partial charge in [0.25, 0.3) is 0 Å². The van der Waals surface area contributed by atoms with Crippen molar-refractivity contribution in [2.24, 2.45) is 10.4 Å². The lowest BCUT2D eigenvalue weighted by molar-refractivity contribution is 0.129. The van der Waals surface area contributed by atoms with Crippen LogP contribution >= 0.6 is 35.3 Å². The van der Waals surface area contributed by atoms with E-state index in [1.165, 1.54) is 17.7 Å². The minimum Gasteiger partial charge on any atom is -0.382 e. The molecule has 23 heavy (non-hydrogen) atoms. The van der Waals surface area contributed by atoms with Crippen molar-refractivity contribution in [2.45, 2.75) is 39.5 Å². The second-order valence-corrected chi connectivity index (χ2v) is 6.93. The average molecular weight is 451 g/mol. The Labute approximate surface area is 161 Å². The average Bonchev–Trinajstić information content (AvgIpc) is 3.09. The first-order valence-corrected chi connectivity index (χ1v) is 9.28. The van der Waals surface area contributed by atoms with Gasteiger partial charge < -0.3 is 15.4 Å². The fraction of sp³-hybridized carbons (Fsp3) is 0.706. The first-order valence-electron chi connectivity index (χ1n) is 8.40. The molecule has 0 spiro atoms. The highest BCUT2D eigenvalue weighted by Crippen LogP contribution is 2.48. The number of nitrogens with zero attached hydrogens (tertiary/aromatic N) is 1. The van der Waals surface area contributed by atoms with Crippen LogP contribution in [0, 0.1) is 5.41 Å². The summed E-state index contributed by atoms with van der Waals surface area (Å²) >= 11 is 1.81. The van der Waals surface area contributed by atoms with Crippen molar-refractivity contribution in [3.05, 3.63) is 22.4 Å². The van der Waals surface area contributed by atoms with Crippen molar-refractivity contribution in [3.63, 3.8) is 0 Å². The van der Waals surface area contributed by atoms with E-state index < -0.39 is 0 Å². The van der Waals surface area contributed by atoms with Crippen LogP contribution in [0.2, 0.25) is 0 Å². The van der Waals surface area contributed by atoms with Gasteiger partial charge in [-0.3, -0.25) is 4.99 Å². The summed E-state index contributed by atoms with van der Waals surface area (Å²) in [5, 5.41) is 8.91. The SMILES string of the molecule is CCNC(=NCC1(CCOCC)CC1)NCCc1cccs1.I. The van der Waals surface area contributed by atoms with Crippen LogP contribution in [0.25, 0.3) is 0 Å². The number of thiophene rings is 1. The molecule has 0 bridgehead atoms. The van der Waals surface area contributed by atoms with Crippen LogP contribution in [0.15, 0.2) is 22.5 Å². The normalized spacial score (nSPS) is 15.8. The number of nitrogens with one attached hydrogen (secondary N) is 2. The quantitative estimate of drug-likeness (QED) is 0.247. The minimum atomic E-state index is 0. The molecule has 1 fully saturated rings. The number of ether oxygens (including phenoxy) is 1. The van der Waals surface area contributed by atoms with E-state index in [9.17, 15) is 0 Å². The van der Waals surface area contributed by atoms with E-state index in [1.807, 2.05) is 11.3 Å². The molecule has 1 heterocycles. The van der Waals surface area contributed by atoms with E-state index in [-0.39, 0.29) is 24.0 Å². The molecule has 0 aromatic carbocycles. The Morgan fingerprint density at radius 2 is 2.17 bits per heavy atom. The van der Waals surface area contributed by atoms with Crippen LogP contribution in [-0.2, 0) is 11.2 Å². The predicted molar refractivity (Wildman–Crippen MR) is 110 cm³/mol. The summed E-state index contributed by atoms with van der Waals surface area (Å²) in [6.07, 6.45) is 4.77. The highest BCUT2D eigenvalue weighted by atomic mass is 127. The first-order chi connectivity index (χ1) is 10.8. The standard InChI is InChI=1S/C17H29N3OS.HI/c1-3-18-16(19-11-7-15-6-5-13-22-15)20-14-17(8-9-17)10-12-21-4-2;/h5-6,13H,3-4,7-12,14H2,1-2H3,(H2,18,19,20);1H. The maximum absolute atomic E-state index is 5.49. The van der Waals surface area contributed by atoms with Crippen LogP contribution in [0.1, 0.15) is 38.0 Å². The fourth-order valence-corrected chi connectivity index (χ4v) is 3.15. The zero-order chi connectivity index (χ0) is 15.7. The van der Waals surface area contributed by atoms with Gasteiger partial charge in [0.15, 0.2) is 5.96 Å². The van der Waals surface area contributed by atoms with E-state index in [4.69, 9.17) is 9.73 Å². The van der Waals surface area contributed by atoms with Gasteiger partial charge in [-0.1, -0.05) is 6.07 Å². The van der Waals surface area contributed by atoms with Crippen LogP contribution in [0.4, 0.5) is 0 Å². The van der Waals surface area contributed by atoms with Gasteiger partial charge >= 0.3 is 0 Å². The molecule has 1 aliphatic carbocycles. The Bertz CT molecular complexity index is 447. The molecule has 0 aliphatic heterocycles. The van der Waals surface area contributed by atoms with Crippen LogP contribution in [0.3, 0.4) is 0 Å². The Morgan fingerprint density at radius 3 is 2.78 bits per heavy atom. The van der Waals surface area contributed by atoms with Gasteiger partial charge in [-0.15, -0.1) is 35.3 Å². The second-order valence-electron chi connectivity index (χ2n) is 5.90. The van der Waals surface area contributed by atoms with E-state index in [2.05, 4.69) is 42.0 Å². The monoisotopic (exact) mass is 451 g/mol. The van der Waals surface area contributed by atoms with Gasteiger partial charge in [-0.25, -0.2) is 0 Å². The Kier molecular flexibility index (Phi) is 10.1. The highest BCUT2D eigenvalue weighted by Gasteiger charge is 2.41. The molecule has 0 radical (unpaired) electrons. The number of hydrogen-bond acceptors (Lipinski definition) is 3. The van der Waals surface area contributed by atoms with Gasteiger partial charge in [0.1, 0.15) is 0 Å². The minimum absolute atomic E-state index is 0. The second kappa shape index (κ2) is 11.3. The van der Waals surface area contributed by atoms with E-state index in [0.717, 1.165) is 51.6 Å². The fourth-order valence-electron chi connectivity index (χ4n) is 2.44. The molecule has 4 nitrogen and oxygen atoms in total. The van der Waals surface area contributed by atoms with Gasteiger partial charge in [0, 0.05) is 37.7 Å². The Morgan fingerprint density at radius 1 is 1.35 bits per heavy atom. The lowest BCUT2D eigenvalue weighted by Gasteiger charge is -2.15. The third-order valence-corrected chi connectivity index (χ3v) is 5.03. The number of rotatable bonds is 10. The third-order valence-electron chi connectivity index (χ3n) is 4.10. The molecule has 1 aromatic heterocycles. The van der Waals surface area contributed by atoms with Crippen molar-refractivity contribution < 1.29 is 4.74 Å². The van der Waals surface area contributed by atoms with Crippen molar-refractivity contribution >= 4 is 41.3 Å². The highest BCUT2D eigenvalue weighted by molar-refractivity contribution is 14.0. The largest absolute Gasteiger partial charge is 0.382 e. The van der Waals surface area contributed by atoms with E-state index >= 15 is 0 Å². The summed E-state index contributed by atoms with van der Waals surface area (Å²) in [5.74, 6) is 0.946. The smallest absolute Gasteiger partial charge is 0.191 e. The number of aliphatic imine (C=N–C) groups is 1. The van der Waals surface area contributed by atoms with Crippen LogP contribution in [-0.4, -0.2) is 38.8 Å². The van der Waals surface area contributed by atoms with Gasteiger partial charge in [0.05, 0.1) is 0 Å². The molecule has 6 heteroatoms. The van der Waals surface area contributed by atoms with Crippen LogP contribution < -0.4 is 10.6 Å². The lowest BCUT2D eigenvalue weighted by Crippen LogP contribution is -2.38. The number of guanidine groups is 1. The molecule has 2 rings (SSSR count). The predicted octanol–water partition coefficient (Wildman–Crippen LogP) is 3.67. The van der Waals surface area contributed by atoms with Gasteiger partial charge in [-0.2, -0.15) is 0 Å². The molecule has 0 amide bonds. The topological polar surface area (TPSA) is 45.7 Å². The summed E-state index contributed by atoms with van der Waals surface area (Å²) < 4.78 is 5.49. The van der Waals surface area contributed by atoms with Crippen LogP contribution in [0.5, 0.6) is 0 Å². The lowest BCUT2D eigenvalue weighted by atomic mass is 10.0. The molecule has 0 saturated heterocycles. The zero-order valence-electron chi connectivity index (χ0n) is 14.3. The molecule has 0 unspecified atom stereocenters. The molecule has 1 saturated carbocycles. The Balaban J connectivity index is 0.00000264. The van der Waals surface area contributed by atoms with Crippen molar-refractivity contribution in [1.29, 1.82) is 0 Å². The molecular weight excluding hydrogens is 421 g/mol. The number of hydrogen-bond donors (Lipinski definition) is 2. The molecule has 132 valence electrons. The van der Waals surface area contributed by atoms with E-state index in [0.29, 0.717) is 5.41 Å². The van der Waals surface area contributed by atoms with E-state index in [1.54, 1.807) is 0 Å². The van der Waals surface area contributed by atoms with Crippen molar-refractivity contribution in [2.75, 3.05) is 32.8 Å². The maximum Gasteiger partial charge on any atom is 0.191 e. The molecule has 1 aliphatic rings. The number of halogens is 1. The summed E-state index contributed by atoms with van der Waals surface area (Å²) in [7, 11) is 0. The first kappa shape index (κ1) is 20.7. The maximum atomic E-state index is 5.49. The summed E-state index contributed by atoms with van der Waals surface area (Å²) in [6.45, 7) is 8.58. The molecule has 2 N–H and O–H groups in total. The van der Waals surface area contributed by atoms with Gasteiger partial charge in [-0.05, 0) is 56.4 Å². The molecular formula is C17H30IN3OS. The summed E-state index contributed by atoms with van der Waals surface area (Å²) in [4.78, 5) is 6.20. The van der Waals surface area contributed by atoms with Crippen molar-refractivity contribution in [1.82, 2.24) is 10.6 Å².